The monoisotopic (exact) mass is 249 g/mol. The Morgan fingerprint density at radius 1 is 1.29 bits per heavy atom. The topological polar surface area (TPSA) is 47.0 Å². The van der Waals surface area contributed by atoms with E-state index in [2.05, 4.69) is 27.0 Å². The molecule has 0 aliphatic heterocycles. The highest BCUT2D eigenvalue weighted by atomic mass is 32.1. The van der Waals surface area contributed by atoms with Crippen LogP contribution in [0.15, 0.2) is 30.5 Å². The molecule has 2 aromatic rings. The van der Waals surface area contributed by atoms with Crippen LogP contribution in [0.2, 0.25) is 0 Å². The van der Waals surface area contributed by atoms with Gasteiger partial charge in [-0.15, -0.1) is 5.10 Å². The molecule has 0 unspecified atom stereocenters. The number of rotatable bonds is 5. The molecule has 0 aliphatic rings. The van der Waals surface area contributed by atoms with Crippen molar-refractivity contribution in [1.82, 2.24) is 9.59 Å². The van der Waals surface area contributed by atoms with E-state index < -0.39 is 0 Å². The summed E-state index contributed by atoms with van der Waals surface area (Å²) in [6, 6.07) is 8.09. The smallest absolute Gasteiger partial charge is 0.130 e. The molecule has 90 valence electrons. The van der Waals surface area contributed by atoms with Crippen molar-refractivity contribution in [3.8, 4) is 5.75 Å². The predicted octanol–water partition coefficient (Wildman–Crippen LogP) is 2.94. The van der Waals surface area contributed by atoms with Crippen molar-refractivity contribution in [2.45, 2.75) is 26.5 Å². The van der Waals surface area contributed by atoms with E-state index in [1.54, 1.807) is 6.20 Å². The summed E-state index contributed by atoms with van der Waals surface area (Å²) in [5.41, 5.74) is 1.20. The van der Waals surface area contributed by atoms with E-state index >= 15 is 0 Å². The molecule has 0 amide bonds. The summed E-state index contributed by atoms with van der Waals surface area (Å²) in [6.07, 6.45) is 1.93. The molecule has 4 nitrogen and oxygen atoms in total. The Hall–Kier alpha value is -1.62. The van der Waals surface area contributed by atoms with E-state index in [1.807, 2.05) is 26.0 Å². The van der Waals surface area contributed by atoms with Crippen molar-refractivity contribution < 1.29 is 4.74 Å². The lowest BCUT2D eigenvalue weighted by Crippen LogP contribution is -2.05. The van der Waals surface area contributed by atoms with Crippen LogP contribution in [0.1, 0.15) is 19.4 Å². The Morgan fingerprint density at radius 3 is 2.65 bits per heavy atom. The average Bonchev–Trinajstić information content (AvgIpc) is 2.80. The molecule has 0 radical (unpaired) electrons. The van der Waals surface area contributed by atoms with Gasteiger partial charge in [-0.1, -0.05) is 16.6 Å². The number of hydrogen-bond donors (Lipinski definition) is 1. The normalized spacial score (nSPS) is 10.5. The molecule has 0 saturated carbocycles. The van der Waals surface area contributed by atoms with E-state index in [9.17, 15) is 0 Å². The third kappa shape index (κ3) is 3.71. The minimum Gasteiger partial charge on any atom is -0.491 e. The van der Waals surface area contributed by atoms with Crippen LogP contribution in [-0.4, -0.2) is 15.7 Å². The lowest BCUT2D eigenvalue weighted by molar-refractivity contribution is 0.242. The van der Waals surface area contributed by atoms with Crippen molar-refractivity contribution in [3.05, 3.63) is 36.0 Å². The van der Waals surface area contributed by atoms with Gasteiger partial charge in [0.1, 0.15) is 10.8 Å². The van der Waals surface area contributed by atoms with Crippen molar-refractivity contribution in [1.29, 1.82) is 0 Å². The Labute approximate surface area is 105 Å². The summed E-state index contributed by atoms with van der Waals surface area (Å²) in [4.78, 5) is 0. The molecular weight excluding hydrogens is 234 g/mol. The van der Waals surface area contributed by atoms with Crippen molar-refractivity contribution in [2.75, 3.05) is 5.32 Å². The van der Waals surface area contributed by atoms with Crippen LogP contribution in [0.25, 0.3) is 0 Å². The molecule has 1 heterocycles. The van der Waals surface area contributed by atoms with Crippen LogP contribution in [-0.2, 0) is 6.54 Å². The zero-order chi connectivity index (χ0) is 12.1. The van der Waals surface area contributed by atoms with Gasteiger partial charge in [-0.05, 0) is 31.5 Å². The van der Waals surface area contributed by atoms with Gasteiger partial charge in [0, 0.05) is 18.1 Å². The summed E-state index contributed by atoms with van der Waals surface area (Å²) in [6.45, 7) is 4.81. The highest BCUT2D eigenvalue weighted by Crippen LogP contribution is 2.16. The molecule has 0 aliphatic carbocycles. The lowest BCUT2D eigenvalue weighted by Gasteiger charge is -2.10. The Bertz CT molecular complexity index is 439. The fourth-order valence-electron chi connectivity index (χ4n) is 1.39. The first-order valence-electron chi connectivity index (χ1n) is 5.51. The molecule has 2 rings (SSSR count). The van der Waals surface area contributed by atoms with Crippen molar-refractivity contribution >= 4 is 16.5 Å². The Morgan fingerprint density at radius 2 is 2.06 bits per heavy atom. The third-order valence-electron chi connectivity index (χ3n) is 2.12. The Balaban J connectivity index is 1.89. The van der Waals surface area contributed by atoms with Crippen LogP contribution in [0.5, 0.6) is 5.75 Å². The molecule has 1 aromatic heterocycles. The molecular formula is C12H15N3OS. The molecule has 5 heteroatoms. The predicted molar refractivity (Wildman–Crippen MR) is 69.4 cm³/mol. The Kier molecular flexibility index (Phi) is 3.93. The van der Waals surface area contributed by atoms with Crippen LogP contribution in [0, 0.1) is 0 Å². The molecule has 0 spiro atoms. The maximum absolute atomic E-state index is 5.58. The van der Waals surface area contributed by atoms with Crippen LogP contribution in [0.4, 0.5) is 5.00 Å². The number of aromatic nitrogens is 2. The maximum Gasteiger partial charge on any atom is 0.130 e. The second-order valence-corrected chi connectivity index (χ2v) is 4.73. The van der Waals surface area contributed by atoms with Gasteiger partial charge in [0.15, 0.2) is 0 Å². The SMILES string of the molecule is CC(C)Oc1ccc(CNc2cnns2)cc1. The highest BCUT2D eigenvalue weighted by molar-refractivity contribution is 7.09. The number of hydrogen-bond acceptors (Lipinski definition) is 5. The zero-order valence-corrected chi connectivity index (χ0v) is 10.7. The average molecular weight is 249 g/mol. The first-order valence-corrected chi connectivity index (χ1v) is 6.28. The molecule has 0 fully saturated rings. The van der Waals surface area contributed by atoms with E-state index in [0.29, 0.717) is 0 Å². The van der Waals surface area contributed by atoms with E-state index in [4.69, 9.17) is 4.74 Å². The van der Waals surface area contributed by atoms with Gasteiger partial charge in [-0.3, -0.25) is 0 Å². The van der Waals surface area contributed by atoms with Gasteiger partial charge >= 0.3 is 0 Å². The summed E-state index contributed by atoms with van der Waals surface area (Å²) in [5.74, 6) is 0.906. The second kappa shape index (κ2) is 5.63. The summed E-state index contributed by atoms with van der Waals surface area (Å²) >= 11 is 1.36. The first kappa shape index (κ1) is 11.9. The molecule has 0 saturated heterocycles. The number of benzene rings is 1. The van der Waals surface area contributed by atoms with Crippen molar-refractivity contribution in [3.63, 3.8) is 0 Å². The van der Waals surface area contributed by atoms with Gasteiger partial charge < -0.3 is 10.1 Å². The third-order valence-corrected chi connectivity index (χ3v) is 2.75. The molecule has 0 bridgehead atoms. The number of anilines is 1. The van der Waals surface area contributed by atoms with Gasteiger partial charge in [0.05, 0.1) is 12.3 Å². The summed E-state index contributed by atoms with van der Waals surface area (Å²) in [7, 11) is 0. The minimum atomic E-state index is 0.210. The number of nitrogens with zero attached hydrogens (tertiary/aromatic N) is 2. The summed E-state index contributed by atoms with van der Waals surface area (Å²) in [5, 5.41) is 8.00. The largest absolute Gasteiger partial charge is 0.491 e. The van der Waals surface area contributed by atoms with Gasteiger partial charge in [0.25, 0.3) is 0 Å². The van der Waals surface area contributed by atoms with Gasteiger partial charge in [-0.2, -0.15) is 0 Å². The maximum atomic E-state index is 5.58. The van der Waals surface area contributed by atoms with Crippen LogP contribution >= 0.6 is 11.5 Å². The summed E-state index contributed by atoms with van der Waals surface area (Å²) < 4.78 is 9.37. The molecule has 1 aromatic carbocycles. The number of nitrogens with one attached hydrogen (secondary N) is 1. The van der Waals surface area contributed by atoms with Crippen LogP contribution in [0.3, 0.4) is 0 Å². The highest BCUT2D eigenvalue weighted by Gasteiger charge is 1.99. The van der Waals surface area contributed by atoms with E-state index in [1.165, 1.54) is 17.1 Å². The second-order valence-electron chi connectivity index (χ2n) is 3.95. The van der Waals surface area contributed by atoms with Gasteiger partial charge in [0.2, 0.25) is 0 Å². The lowest BCUT2D eigenvalue weighted by atomic mass is 10.2. The number of ether oxygens (including phenoxy) is 1. The van der Waals surface area contributed by atoms with Crippen LogP contribution < -0.4 is 10.1 Å². The first-order chi connectivity index (χ1) is 8.24. The molecule has 1 N–H and O–H groups in total. The quantitative estimate of drug-likeness (QED) is 0.885. The molecule has 17 heavy (non-hydrogen) atoms. The fourth-order valence-corrected chi connectivity index (χ4v) is 1.81. The standard InChI is InChI=1S/C12H15N3OS/c1-9(2)16-11-5-3-10(4-6-11)7-13-12-8-14-15-17-12/h3-6,8-9,13H,7H2,1-2H3. The van der Waals surface area contributed by atoms with E-state index in [-0.39, 0.29) is 6.10 Å². The minimum absolute atomic E-state index is 0.210. The van der Waals surface area contributed by atoms with Crippen molar-refractivity contribution in [2.24, 2.45) is 0 Å². The molecule has 0 atom stereocenters. The fraction of sp³-hybridized carbons (Fsp3) is 0.333. The van der Waals surface area contributed by atoms with Gasteiger partial charge in [-0.25, -0.2) is 0 Å². The van der Waals surface area contributed by atoms with E-state index in [0.717, 1.165) is 17.3 Å². The zero-order valence-electron chi connectivity index (χ0n) is 9.88.